The zero-order valence-corrected chi connectivity index (χ0v) is 9.61. The van der Waals surface area contributed by atoms with Gasteiger partial charge in [0.1, 0.15) is 0 Å². The van der Waals surface area contributed by atoms with Gasteiger partial charge in [0, 0.05) is 25.0 Å². The molecule has 0 aliphatic heterocycles. The van der Waals surface area contributed by atoms with Gasteiger partial charge in [-0.2, -0.15) is 0 Å². The lowest BCUT2D eigenvalue weighted by Gasteiger charge is -2.17. The van der Waals surface area contributed by atoms with Crippen LogP contribution in [0.3, 0.4) is 0 Å². The van der Waals surface area contributed by atoms with Crippen LogP contribution in [0, 0.1) is 17.8 Å². The molecule has 3 heteroatoms. The second-order valence-electron chi connectivity index (χ2n) is 5.41. The summed E-state index contributed by atoms with van der Waals surface area (Å²) in [5.41, 5.74) is 0. The van der Waals surface area contributed by atoms with E-state index in [1.807, 2.05) is 0 Å². The first-order valence-electron chi connectivity index (χ1n) is 6.52. The number of hydrogen-bond acceptors (Lipinski definition) is 2. The number of amides is 1. The lowest BCUT2D eigenvalue weighted by Crippen LogP contribution is -2.37. The van der Waals surface area contributed by atoms with Crippen LogP contribution in [0.25, 0.3) is 0 Å². The number of hydrogen-bond donors (Lipinski definition) is 2. The van der Waals surface area contributed by atoms with Crippen molar-refractivity contribution in [3.05, 3.63) is 12.2 Å². The van der Waals surface area contributed by atoms with Crippen LogP contribution >= 0.6 is 0 Å². The first-order chi connectivity index (χ1) is 7.83. The van der Waals surface area contributed by atoms with E-state index in [4.69, 9.17) is 0 Å². The molecule has 16 heavy (non-hydrogen) atoms. The van der Waals surface area contributed by atoms with Crippen molar-refractivity contribution in [2.45, 2.75) is 31.7 Å². The van der Waals surface area contributed by atoms with Gasteiger partial charge in [0.25, 0.3) is 0 Å². The van der Waals surface area contributed by atoms with Crippen molar-refractivity contribution < 1.29 is 4.79 Å². The molecular formula is C13H20N2O. The molecule has 0 saturated heterocycles. The van der Waals surface area contributed by atoms with Crippen LogP contribution in [0.15, 0.2) is 12.2 Å². The van der Waals surface area contributed by atoms with E-state index >= 15 is 0 Å². The Kier molecular flexibility index (Phi) is 2.72. The molecular weight excluding hydrogens is 200 g/mol. The summed E-state index contributed by atoms with van der Waals surface area (Å²) >= 11 is 0. The lowest BCUT2D eigenvalue weighted by atomic mass is 9.93. The van der Waals surface area contributed by atoms with Crippen molar-refractivity contribution in [2.24, 2.45) is 17.8 Å². The van der Waals surface area contributed by atoms with E-state index in [9.17, 15) is 4.79 Å². The minimum atomic E-state index is 0.260. The standard InChI is InChI=1S/C13H20N2O/c16-13(15-6-5-14-11-3-4-11)12-8-9-1-2-10(12)7-9/h1-2,9-12,14H,3-8H2,(H,15,16). The van der Waals surface area contributed by atoms with E-state index in [-0.39, 0.29) is 11.8 Å². The van der Waals surface area contributed by atoms with Gasteiger partial charge in [-0.05, 0) is 37.5 Å². The summed E-state index contributed by atoms with van der Waals surface area (Å²) in [5.74, 6) is 1.75. The molecule has 3 aliphatic carbocycles. The Bertz CT molecular complexity index is 309. The number of rotatable bonds is 5. The highest BCUT2D eigenvalue weighted by Crippen LogP contribution is 2.43. The van der Waals surface area contributed by atoms with Crippen LogP contribution in [0.2, 0.25) is 0 Å². The quantitative estimate of drug-likeness (QED) is 0.537. The maximum atomic E-state index is 11.9. The Morgan fingerprint density at radius 2 is 2.06 bits per heavy atom. The van der Waals surface area contributed by atoms with Crippen molar-refractivity contribution in [3.63, 3.8) is 0 Å². The minimum Gasteiger partial charge on any atom is -0.355 e. The molecule has 88 valence electrons. The van der Waals surface area contributed by atoms with Crippen LogP contribution in [0.4, 0.5) is 0 Å². The third-order valence-corrected chi connectivity index (χ3v) is 4.05. The SMILES string of the molecule is O=C(NCCNC1CC1)C1CC2C=CC1C2. The van der Waals surface area contributed by atoms with Crippen molar-refractivity contribution in [2.75, 3.05) is 13.1 Å². The zero-order chi connectivity index (χ0) is 11.0. The van der Waals surface area contributed by atoms with E-state index < -0.39 is 0 Å². The van der Waals surface area contributed by atoms with E-state index in [0.717, 1.165) is 25.6 Å². The highest BCUT2D eigenvalue weighted by molar-refractivity contribution is 5.79. The molecule has 2 saturated carbocycles. The third-order valence-electron chi connectivity index (χ3n) is 4.05. The molecule has 3 unspecified atom stereocenters. The van der Waals surface area contributed by atoms with E-state index in [2.05, 4.69) is 22.8 Å². The summed E-state index contributed by atoms with van der Waals surface area (Å²) in [6, 6.07) is 0.738. The topological polar surface area (TPSA) is 41.1 Å². The predicted octanol–water partition coefficient (Wildman–Crippen LogP) is 1.07. The molecule has 0 heterocycles. The first-order valence-corrected chi connectivity index (χ1v) is 6.52. The maximum Gasteiger partial charge on any atom is 0.223 e. The molecule has 2 bridgehead atoms. The van der Waals surface area contributed by atoms with Crippen molar-refractivity contribution in [3.8, 4) is 0 Å². The Labute approximate surface area is 96.7 Å². The van der Waals surface area contributed by atoms with Gasteiger partial charge in [0.2, 0.25) is 5.91 Å². The fourth-order valence-corrected chi connectivity index (χ4v) is 2.96. The molecule has 0 radical (unpaired) electrons. The van der Waals surface area contributed by atoms with E-state index in [1.165, 1.54) is 19.3 Å². The van der Waals surface area contributed by atoms with Crippen LogP contribution < -0.4 is 10.6 Å². The van der Waals surface area contributed by atoms with E-state index in [1.54, 1.807) is 0 Å². The summed E-state index contributed by atoms with van der Waals surface area (Å²) in [4.78, 5) is 11.9. The monoisotopic (exact) mass is 220 g/mol. The fraction of sp³-hybridized carbons (Fsp3) is 0.769. The van der Waals surface area contributed by atoms with E-state index in [0.29, 0.717) is 11.8 Å². The molecule has 1 amide bonds. The van der Waals surface area contributed by atoms with Gasteiger partial charge in [-0.15, -0.1) is 0 Å². The Hall–Kier alpha value is -0.830. The van der Waals surface area contributed by atoms with Gasteiger partial charge in [-0.3, -0.25) is 4.79 Å². The van der Waals surface area contributed by atoms with Gasteiger partial charge < -0.3 is 10.6 Å². The lowest BCUT2D eigenvalue weighted by molar-refractivity contribution is -0.125. The summed E-state index contributed by atoms with van der Waals surface area (Å²) in [7, 11) is 0. The highest BCUT2D eigenvalue weighted by atomic mass is 16.1. The van der Waals surface area contributed by atoms with Crippen molar-refractivity contribution in [1.82, 2.24) is 10.6 Å². The maximum absolute atomic E-state index is 11.9. The molecule has 3 aliphatic rings. The molecule has 0 aromatic rings. The van der Waals surface area contributed by atoms with Crippen LogP contribution in [-0.2, 0) is 4.79 Å². The van der Waals surface area contributed by atoms with Gasteiger partial charge in [0.05, 0.1) is 0 Å². The summed E-state index contributed by atoms with van der Waals surface area (Å²) in [6.07, 6.45) is 9.42. The Morgan fingerprint density at radius 1 is 1.19 bits per heavy atom. The Morgan fingerprint density at radius 3 is 2.69 bits per heavy atom. The van der Waals surface area contributed by atoms with Gasteiger partial charge in [0.15, 0.2) is 0 Å². The van der Waals surface area contributed by atoms with Crippen molar-refractivity contribution in [1.29, 1.82) is 0 Å². The predicted molar refractivity (Wildman–Crippen MR) is 62.9 cm³/mol. The smallest absolute Gasteiger partial charge is 0.223 e. The average molecular weight is 220 g/mol. The van der Waals surface area contributed by atoms with Gasteiger partial charge in [-0.1, -0.05) is 12.2 Å². The second kappa shape index (κ2) is 4.21. The molecule has 3 rings (SSSR count). The number of carbonyl (C=O) groups excluding carboxylic acids is 1. The molecule has 0 aromatic heterocycles. The number of nitrogens with one attached hydrogen (secondary N) is 2. The summed E-state index contributed by atoms with van der Waals surface area (Å²) < 4.78 is 0. The van der Waals surface area contributed by atoms with Crippen LogP contribution in [0.5, 0.6) is 0 Å². The minimum absolute atomic E-state index is 0.260. The average Bonchev–Trinajstić information content (AvgIpc) is 2.87. The van der Waals surface area contributed by atoms with Crippen molar-refractivity contribution >= 4 is 5.91 Å². The molecule has 0 spiro atoms. The first kappa shape index (κ1) is 10.3. The summed E-state index contributed by atoms with van der Waals surface area (Å²) in [6.45, 7) is 1.71. The fourth-order valence-electron chi connectivity index (χ4n) is 2.96. The molecule has 3 atom stereocenters. The summed E-state index contributed by atoms with van der Waals surface area (Å²) in [5, 5.41) is 6.47. The molecule has 3 nitrogen and oxygen atoms in total. The molecule has 2 fully saturated rings. The third kappa shape index (κ3) is 2.14. The number of fused-ring (bicyclic) bond motifs is 2. The number of carbonyl (C=O) groups is 1. The molecule has 2 N–H and O–H groups in total. The van der Waals surface area contributed by atoms with Crippen LogP contribution in [0.1, 0.15) is 25.7 Å². The normalized spacial score (nSPS) is 35.6. The zero-order valence-electron chi connectivity index (χ0n) is 9.61. The molecule has 0 aromatic carbocycles. The van der Waals surface area contributed by atoms with Gasteiger partial charge >= 0.3 is 0 Å². The van der Waals surface area contributed by atoms with Gasteiger partial charge in [-0.25, -0.2) is 0 Å². The second-order valence-corrected chi connectivity index (χ2v) is 5.41. The van der Waals surface area contributed by atoms with Crippen LogP contribution in [-0.4, -0.2) is 25.0 Å². The number of allylic oxidation sites excluding steroid dienone is 2. The highest BCUT2D eigenvalue weighted by Gasteiger charge is 2.39. The largest absolute Gasteiger partial charge is 0.355 e. The Balaban J connectivity index is 1.38.